The van der Waals surface area contributed by atoms with Gasteiger partial charge in [0.15, 0.2) is 0 Å². The first kappa shape index (κ1) is 20.0. The normalized spacial score (nSPS) is 14.6. The number of hydrogen-bond donors (Lipinski definition) is 2. The van der Waals surface area contributed by atoms with Gasteiger partial charge in [-0.1, -0.05) is 0 Å². The summed E-state index contributed by atoms with van der Waals surface area (Å²) in [4.78, 5) is 18.7. The van der Waals surface area contributed by atoms with Crippen LogP contribution in [0.5, 0.6) is 11.5 Å². The number of nitrogens with one attached hydrogen (secondary N) is 1. The van der Waals surface area contributed by atoms with E-state index < -0.39 is 6.09 Å². The minimum atomic E-state index is -0.559. The number of methoxy groups -OCH3 is 1. The molecule has 1 aliphatic rings. The number of amides is 1. The van der Waals surface area contributed by atoms with Crippen molar-refractivity contribution in [3.05, 3.63) is 42.5 Å². The van der Waals surface area contributed by atoms with Gasteiger partial charge in [-0.05, 0) is 36.4 Å². The number of aromatic nitrogens is 2. The zero-order valence-electron chi connectivity index (χ0n) is 16.8. The van der Waals surface area contributed by atoms with Crippen LogP contribution in [0.3, 0.4) is 0 Å². The number of imidazole rings is 1. The summed E-state index contributed by atoms with van der Waals surface area (Å²) >= 11 is 0. The van der Waals surface area contributed by atoms with Crippen LogP contribution in [0.4, 0.5) is 16.4 Å². The van der Waals surface area contributed by atoms with E-state index in [0.29, 0.717) is 29.7 Å². The molecular weight excluding hydrogens is 386 g/mol. The second-order valence-electron chi connectivity index (χ2n) is 6.98. The molecule has 30 heavy (non-hydrogen) atoms. The van der Waals surface area contributed by atoms with Gasteiger partial charge in [-0.2, -0.15) is 0 Å². The second-order valence-corrected chi connectivity index (χ2v) is 6.98. The van der Waals surface area contributed by atoms with Gasteiger partial charge in [0.05, 0.1) is 31.4 Å². The van der Waals surface area contributed by atoms with Crippen LogP contribution in [0.1, 0.15) is 0 Å². The summed E-state index contributed by atoms with van der Waals surface area (Å²) < 4.78 is 18.1. The Bertz CT molecular complexity index is 1010. The van der Waals surface area contributed by atoms with Crippen molar-refractivity contribution in [3.8, 4) is 11.5 Å². The Balaban J connectivity index is 1.61. The van der Waals surface area contributed by atoms with Crippen LogP contribution in [0.25, 0.3) is 11.0 Å². The number of benzene rings is 2. The average Bonchev–Trinajstić information content (AvgIpc) is 3.10. The van der Waals surface area contributed by atoms with Crippen molar-refractivity contribution in [1.82, 2.24) is 14.5 Å². The molecule has 0 bridgehead atoms. The Morgan fingerprint density at radius 1 is 1.13 bits per heavy atom. The Morgan fingerprint density at radius 2 is 1.87 bits per heavy atom. The molecule has 9 heteroatoms. The third kappa shape index (κ3) is 4.64. The molecule has 1 aromatic heterocycles. The van der Waals surface area contributed by atoms with Gasteiger partial charge in [-0.3, -0.25) is 10.2 Å². The SMILES string of the molecule is COC(=O)Nc1nc2ccc(Oc3ccc(N)cc3)cc2n1CCN1CCOCC1. The first-order chi connectivity index (χ1) is 14.6. The lowest BCUT2D eigenvalue weighted by atomic mass is 10.3. The standard InChI is InChI=1S/C21H25N5O4/c1-28-21(27)24-20-23-18-7-6-17(30-16-4-2-15(22)3-5-16)14-19(18)26(20)9-8-25-10-12-29-13-11-25/h2-7,14H,8-13,22H2,1H3,(H,23,24,27). The van der Waals surface area contributed by atoms with Gasteiger partial charge in [0.1, 0.15) is 11.5 Å². The molecule has 158 valence electrons. The summed E-state index contributed by atoms with van der Waals surface area (Å²) in [6.07, 6.45) is -0.559. The zero-order chi connectivity index (χ0) is 20.9. The van der Waals surface area contributed by atoms with Crippen LogP contribution >= 0.6 is 0 Å². The molecule has 9 nitrogen and oxygen atoms in total. The van der Waals surface area contributed by atoms with Gasteiger partial charge >= 0.3 is 6.09 Å². The lowest BCUT2D eigenvalue weighted by Gasteiger charge is -2.26. The largest absolute Gasteiger partial charge is 0.457 e. The summed E-state index contributed by atoms with van der Waals surface area (Å²) in [6, 6.07) is 12.9. The van der Waals surface area contributed by atoms with Crippen molar-refractivity contribution in [1.29, 1.82) is 0 Å². The smallest absolute Gasteiger partial charge is 0.413 e. The Morgan fingerprint density at radius 3 is 2.60 bits per heavy atom. The maximum atomic E-state index is 11.8. The zero-order valence-corrected chi connectivity index (χ0v) is 16.8. The van der Waals surface area contributed by atoms with Crippen LogP contribution in [0, 0.1) is 0 Å². The van der Waals surface area contributed by atoms with Gasteiger partial charge in [0.25, 0.3) is 0 Å². The van der Waals surface area contributed by atoms with Crippen LogP contribution < -0.4 is 15.8 Å². The number of nitrogens with two attached hydrogens (primary N) is 1. The highest BCUT2D eigenvalue weighted by molar-refractivity contribution is 5.87. The molecule has 1 saturated heterocycles. The number of morpholine rings is 1. The number of fused-ring (bicyclic) bond motifs is 1. The van der Waals surface area contributed by atoms with Crippen LogP contribution in [0.2, 0.25) is 0 Å². The van der Waals surface area contributed by atoms with E-state index in [1.54, 1.807) is 12.1 Å². The van der Waals surface area contributed by atoms with Gasteiger partial charge in [-0.15, -0.1) is 0 Å². The molecule has 1 aliphatic heterocycles. The lowest BCUT2D eigenvalue weighted by molar-refractivity contribution is 0.0366. The van der Waals surface area contributed by atoms with Gasteiger partial charge in [0.2, 0.25) is 5.95 Å². The van der Waals surface area contributed by atoms with Crippen molar-refractivity contribution in [2.24, 2.45) is 0 Å². The average molecular weight is 411 g/mol. The molecule has 0 radical (unpaired) electrons. The van der Waals surface area contributed by atoms with Crippen LogP contribution in [0.15, 0.2) is 42.5 Å². The minimum Gasteiger partial charge on any atom is -0.457 e. The summed E-state index contributed by atoms with van der Waals surface area (Å²) in [5, 5.41) is 2.71. The number of anilines is 2. The maximum absolute atomic E-state index is 11.8. The molecule has 0 saturated carbocycles. The molecule has 3 N–H and O–H groups in total. The summed E-state index contributed by atoms with van der Waals surface area (Å²) in [6.45, 7) is 4.71. The van der Waals surface area contributed by atoms with E-state index in [-0.39, 0.29) is 0 Å². The highest BCUT2D eigenvalue weighted by Crippen LogP contribution is 2.28. The molecule has 2 heterocycles. The van der Waals surface area contributed by atoms with Crippen molar-refractivity contribution in [2.45, 2.75) is 6.54 Å². The van der Waals surface area contributed by atoms with E-state index >= 15 is 0 Å². The van der Waals surface area contributed by atoms with E-state index in [1.807, 2.05) is 34.9 Å². The number of carbonyl (C=O) groups is 1. The number of carbonyl (C=O) groups excluding carboxylic acids is 1. The molecule has 0 atom stereocenters. The van der Waals surface area contributed by atoms with Crippen LogP contribution in [-0.2, 0) is 16.0 Å². The van der Waals surface area contributed by atoms with Crippen molar-refractivity contribution < 1.29 is 19.0 Å². The molecular formula is C21H25N5O4. The molecule has 2 aromatic carbocycles. The minimum absolute atomic E-state index is 0.440. The van der Waals surface area contributed by atoms with Gasteiger partial charge < -0.3 is 24.5 Å². The Hall–Kier alpha value is -3.30. The van der Waals surface area contributed by atoms with E-state index in [9.17, 15) is 4.79 Å². The monoisotopic (exact) mass is 411 g/mol. The van der Waals surface area contributed by atoms with Crippen molar-refractivity contribution in [3.63, 3.8) is 0 Å². The predicted molar refractivity (Wildman–Crippen MR) is 114 cm³/mol. The number of hydrogen-bond acceptors (Lipinski definition) is 7. The molecule has 1 fully saturated rings. The predicted octanol–water partition coefficient (Wildman–Crippen LogP) is 2.92. The fourth-order valence-corrected chi connectivity index (χ4v) is 3.37. The summed E-state index contributed by atoms with van der Waals surface area (Å²) in [5.74, 6) is 1.80. The number of ether oxygens (including phenoxy) is 3. The molecule has 3 aromatic rings. The molecule has 0 spiro atoms. The van der Waals surface area contributed by atoms with E-state index in [1.165, 1.54) is 7.11 Å². The third-order valence-corrected chi connectivity index (χ3v) is 4.98. The Labute approximate surface area is 174 Å². The molecule has 4 rings (SSSR count). The summed E-state index contributed by atoms with van der Waals surface area (Å²) in [7, 11) is 1.33. The first-order valence-corrected chi connectivity index (χ1v) is 9.81. The number of rotatable bonds is 6. The molecule has 0 aliphatic carbocycles. The highest BCUT2D eigenvalue weighted by Gasteiger charge is 2.17. The third-order valence-electron chi connectivity index (χ3n) is 4.98. The fourth-order valence-electron chi connectivity index (χ4n) is 3.37. The van der Waals surface area contributed by atoms with Crippen molar-refractivity contribution >= 4 is 28.8 Å². The Kier molecular flexibility index (Phi) is 6.01. The summed E-state index contributed by atoms with van der Waals surface area (Å²) in [5.41, 5.74) is 8.04. The quantitative estimate of drug-likeness (QED) is 0.601. The topological polar surface area (TPSA) is 104 Å². The number of nitrogen functional groups attached to an aromatic ring is 1. The van der Waals surface area contributed by atoms with Gasteiger partial charge in [-0.25, -0.2) is 9.78 Å². The molecule has 1 amide bonds. The highest BCUT2D eigenvalue weighted by atomic mass is 16.5. The maximum Gasteiger partial charge on any atom is 0.413 e. The second kappa shape index (κ2) is 9.02. The lowest BCUT2D eigenvalue weighted by Crippen LogP contribution is -2.38. The van der Waals surface area contributed by atoms with E-state index in [0.717, 1.165) is 43.9 Å². The van der Waals surface area contributed by atoms with Gasteiger partial charge in [0, 0.05) is 37.9 Å². The van der Waals surface area contributed by atoms with Crippen LogP contribution in [-0.4, -0.2) is 60.5 Å². The van der Waals surface area contributed by atoms with Crippen molar-refractivity contribution in [2.75, 3.05) is 51.0 Å². The fraction of sp³-hybridized carbons (Fsp3) is 0.333. The van der Waals surface area contributed by atoms with E-state index in [2.05, 4.69) is 15.2 Å². The number of nitrogens with zero attached hydrogens (tertiary/aromatic N) is 3. The van der Waals surface area contributed by atoms with E-state index in [4.69, 9.17) is 19.9 Å². The first-order valence-electron chi connectivity index (χ1n) is 9.81. The molecule has 0 unspecified atom stereocenters.